The van der Waals surface area contributed by atoms with Crippen molar-refractivity contribution >= 4 is 57.5 Å². The number of hydrogen-bond acceptors (Lipinski definition) is 4. The Morgan fingerprint density at radius 1 is 1.24 bits per heavy atom. The molecular formula is C12H14Br2ClNO4S. The highest BCUT2D eigenvalue weighted by atomic mass is 79.9. The molecule has 0 aliphatic heterocycles. The molecule has 0 bridgehead atoms. The molecule has 1 aromatic carbocycles. The van der Waals surface area contributed by atoms with E-state index in [1.807, 2.05) is 13.8 Å². The molecule has 0 saturated heterocycles. The Balaban J connectivity index is 2.93. The normalized spacial score (nSPS) is 11.3. The highest BCUT2D eigenvalue weighted by Gasteiger charge is 2.18. The molecule has 0 fully saturated rings. The average Bonchev–Trinajstić information content (AvgIpc) is 2.37. The minimum absolute atomic E-state index is 0.0645. The van der Waals surface area contributed by atoms with Crippen LogP contribution in [0.15, 0.2) is 26.0 Å². The summed E-state index contributed by atoms with van der Waals surface area (Å²) >= 11 is 6.42. The molecular weight excluding hydrogens is 449 g/mol. The summed E-state index contributed by atoms with van der Waals surface area (Å²) in [6, 6.07) is 2.65. The largest absolute Gasteiger partial charge is 0.481 e. The molecule has 0 unspecified atom stereocenters. The number of hydrogen-bond donors (Lipinski definition) is 0. The summed E-state index contributed by atoms with van der Waals surface area (Å²) in [5, 5.41) is 0. The van der Waals surface area contributed by atoms with E-state index in [-0.39, 0.29) is 17.4 Å². The van der Waals surface area contributed by atoms with Crippen molar-refractivity contribution in [3.63, 3.8) is 0 Å². The number of halogens is 3. The minimum atomic E-state index is -3.84. The summed E-state index contributed by atoms with van der Waals surface area (Å²) in [7, 11) is 1.45. The van der Waals surface area contributed by atoms with E-state index in [4.69, 9.17) is 15.4 Å². The van der Waals surface area contributed by atoms with Crippen LogP contribution in [0.25, 0.3) is 0 Å². The van der Waals surface area contributed by atoms with Crippen LogP contribution < -0.4 is 4.74 Å². The molecule has 0 aliphatic rings. The zero-order chi connectivity index (χ0) is 16.2. The lowest BCUT2D eigenvalue weighted by atomic mass is 10.3. The number of ether oxygens (including phenoxy) is 1. The van der Waals surface area contributed by atoms with Crippen molar-refractivity contribution < 1.29 is 17.9 Å². The summed E-state index contributed by atoms with van der Waals surface area (Å²) in [5.74, 6) is 0.201. The molecule has 0 heterocycles. The maximum Gasteiger partial charge on any atom is 0.261 e. The molecule has 0 N–H and O–H groups in total. The Morgan fingerprint density at radius 2 is 1.71 bits per heavy atom. The van der Waals surface area contributed by atoms with Gasteiger partial charge < -0.3 is 9.64 Å². The summed E-state index contributed by atoms with van der Waals surface area (Å²) in [6.45, 7) is 4.83. The topological polar surface area (TPSA) is 63.7 Å². The highest BCUT2D eigenvalue weighted by Crippen LogP contribution is 2.36. The van der Waals surface area contributed by atoms with Gasteiger partial charge in [0, 0.05) is 23.8 Å². The fourth-order valence-electron chi connectivity index (χ4n) is 1.62. The number of carbonyl (C=O) groups excluding carboxylic acids is 1. The Kier molecular flexibility index (Phi) is 6.96. The Labute approximate surface area is 145 Å². The first-order valence-corrected chi connectivity index (χ1v) is 9.94. The van der Waals surface area contributed by atoms with Crippen LogP contribution in [0.3, 0.4) is 0 Å². The van der Waals surface area contributed by atoms with Crippen LogP contribution in [0.2, 0.25) is 0 Å². The van der Waals surface area contributed by atoms with Crippen LogP contribution in [0.5, 0.6) is 5.75 Å². The molecule has 9 heteroatoms. The molecule has 1 amide bonds. The van der Waals surface area contributed by atoms with Crippen molar-refractivity contribution in [2.24, 2.45) is 0 Å². The van der Waals surface area contributed by atoms with E-state index in [0.29, 0.717) is 27.8 Å². The van der Waals surface area contributed by atoms with Crippen LogP contribution >= 0.6 is 42.5 Å². The molecule has 0 atom stereocenters. The Bertz CT molecular complexity index is 609. The predicted molar refractivity (Wildman–Crippen MR) is 88.3 cm³/mol. The Morgan fingerprint density at radius 3 is 2.10 bits per heavy atom. The van der Waals surface area contributed by atoms with E-state index in [1.165, 1.54) is 12.1 Å². The van der Waals surface area contributed by atoms with Gasteiger partial charge in [-0.2, -0.15) is 0 Å². The molecule has 118 valence electrons. The maximum atomic E-state index is 11.9. The average molecular weight is 464 g/mol. The van der Waals surface area contributed by atoms with Gasteiger partial charge in [-0.3, -0.25) is 4.79 Å². The molecule has 0 radical (unpaired) electrons. The number of amides is 1. The van der Waals surface area contributed by atoms with Crippen molar-refractivity contribution in [2.45, 2.75) is 18.7 Å². The van der Waals surface area contributed by atoms with Gasteiger partial charge in [-0.1, -0.05) is 0 Å². The second kappa shape index (κ2) is 7.80. The molecule has 0 aromatic heterocycles. The van der Waals surface area contributed by atoms with Crippen molar-refractivity contribution in [1.29, 1.82) is 0 Å². The predicted octanol–water partition coefficient (Wildman–Crippen LogP) is 3.39. The fraction of sp³-hybridized carbons (Fsp3) is 0.417. The van der Waals surface area contributed by atoms with E-state index < -0.39 is 9.05 Å². The van der Waals surface area contributed by atoms with Crippen LogP contribution in [0.1, 0.15) is 13.8 Å². The second-order valence-corrected chi connectivity index (χ2v) is 8.28. The first kappa shape index (κ1) is 18.7. The van der Waals surface area contributed by atoms with Gasteiger partial charge in [0.15, 0.2) is 6.61 Å². The molecule has 0 spiro atoms. The molecule has 0 aliphatic carbocycles. The van der Waals surface area contributed by atoms with Gasteiger partial charge in [-0.25, -0.2) is 8.42 Å². The lowest BCUT2D eigenvalue weighted by molar-refractivity contribution is -0.133. The third-order valence-electron chi connectivity index (χ3n) is 2.71. The zero-order valence-corrected chi connectivity index (χ0v) is 16.1. The van der Waals surface area contributed by atoms with Crippen LogP contribution in [-0.4, -0.2) is 38.9 Å². The zero-order valence-electron chi connectivity index (χ0n) is 11.4. The van der Waals surface area contributed by atoms with Gasteiger partial charge in [-0.15, -0.1) is 0 Å². The van der Waals surface area contributed by atoms with E-state index in [0.717, 1.165) is 0 Å². The summed E-state index contributed by atoms with van der Waals surface area (Å²) < 4.78 is 28.9. The van der Waals surface area contributed by atoms with E-state index >= 15 is 0 Å². The molecule has 21 heavy (non-hydrogen) atoms. The summed E-state index contributed by atoms with van der Waals surface area (Å²) in [6.07, 6.45) is 0. The van der Waals surface area contributed by atoms with E-state index in [2.05, 4.69) is 31.9 Å². The first-order valence-electron chi connectivity index (χ1n) is 6.05. The van der Waals surface area contributed by atoms with E-state index in [9.17, 15) is 13.2 Å². The second-order valence-electron chi connectivity index (χ2n) is 4.01. The quantitative estimate of drug-likeness (QED) is 0.607. The molecule has 1 aromatic rings. The van der Waals surface area contributed by atoms with E-state index in [1.54, 1.807) is 4.90 Å². The van der Waals surface area contributed by atoms with Gasteiger partial charge in [0.25, 0.3) is 15.0 Å². The minimum Gasteiger partial charge on any atom is -0.481 e. The van der Waals surface area contributed by atoms with Gasteiger partial charge in [0.1, 0.15) is 5.75 Å². The number of likely N-dealkylation sites (N-methyl/N-ethyl adjacent to an activating group) is 1. The number of carbonyl (C=O) groups is 1. The van der Waals surface area contributed by atoms with Crippen LogP contribution in [0, 0.1) is 0 Å². The lowest BCUT2D eigenvalue weighted by Crippen LogP contribution is -2.34. The van der Waals surface area contributed by atoms with Gasteiger partial charge >= 0.3 is 0 Å². The van der Waals surface area contributed by atoms with Crippen LogP contribution in [-0.2, 0) is 13.8 Å². The number of rotatable bonds is 6. The number of nitrogens with zero attached hydrogens (tertiary/aromatic N) is 1. The highest BCUT2D eigenvalue weighted by molar-refractivity contribution is 9.11. The lowest BCUT2D eigenvalue weighted by Gasteiger charge is -2.19. The smallest absolute Gasteiger partial charge is 0.261 e. The standard InChI is InChI=1S/C12H14Br2ClNO4S/c1-3-16(4-2)11(17)7-20-12-9(13)5-8(6-10(12)14)21(15,18)19/h5-6H,3-4,7H2,1-2H3. The summed E-state index contributed by atoms with van der Waals surface area (Å²) in [5.41, 5.74) is 0. The summed E-state index contributed by atoms with van der Waals surface area (Å²) in [4.78, 5) is 13.5. The number of benzene rings is 1. The van der Waals surface area contributed by atoms with Crippen molar-refractivity contribution in [1.82, 2.24) is 4.90 Å². The third kappa shape index (κ3) is 5.12. The Hall–Kier alpha value is -0.310. The molecule has 1 rings (SSSR count). The monoisotopic (exact) mass is 461 g/mol. The van der Waals surface area contributed by atoms with Crippen molar-refractivity contribution in [2.75, 3.05) is 19.7 Å². The fourth-order valence-corrected chi connectivity index (χ4v) is 4.12. The van der Waals surface area contributed by atoms with Crippen molar-refractivity contribution in [3.05, 3.63) is 21.1 Å². The third-order valence-corrected chi connectivity index (χ3v) is 5.22. The SMILES string of the molecule is CCN(CC)C(=O)COc1c(Br)cc(S(=O)(=O)Cl)cc1Br. The van der Waals surface area contributed by atoms with Crippen LogP contribution in [0.4, 0.5) is 0 Å². The van der Waals surface area contributed by atoms with Gasteiger partial charge in [-0.05, 0) is 57.8 Å². The first-order chi connectivity index (χ1) is 9.70. The maximum absolute atomic E-state index is 11.9. The van der Waals surface area contributed by atoms with Crippen molar-refractivity contribution in [3.8, 4) is 5.75 Å². The van der Waals surface area contributed by atoms with Gasteiger partial charge in [0.05, 0.1) is 13.8 Å². The molecule has 5 nitrogen and oxygen atoms in total. The molecule has 0 saturated carbocycles. The van der Waals surface area contributed by atoms with Gasteiger partial charge in [0.2, 0.25) is 0 Å².